The van der Waals surface area contributed by atoms with Gasteiger partial charge in [-0.15, -0.1) is 35.3 Å². The summed E-state index contributed by atoms with van der Waals surface area (Å²) in [4.78, 5) is 15.3. The van der Waals surface area contributed by atoms with E-state index >= 15 is 0 Å². The van der Waals surface area contributed by atoms with E-state index in [1.165, 1.54) is 11.3 Å². The third-order valence-corrected chi connectivity index (χ3v) is 5.09. The maximum Gasteiger partial charge on any atom is 0.264 e. The van der Waals surface area contributed by atoms with Crippen molar-refractivity contribution in [2.24, 2.45) is 0 Å². The second kappa shape index (κ2) is 5.56. The van der Waals surface area contributed by atoms with Crippen LogP contribution in [-0.4, -0.2) is 17.9 Å². The van der Waals surface area contributed by atoms with Gasteiger partial charge in [-0.25, -0.2) is 0 Å². The summed E-state index contributed by atoms with van der Waals surface area (Å²) < 4.78 is 1.09. The smallest absolute Gasteiger partial charge is 0.264 e. The van der Waals surface area contributed by atoms with Crippen molar-refractivity contribution in [3.63, 3.8) is 0 Å². The Labute approximate surface area is 122 Å². The molecule has 0 unspecified atom stereocenters. The molecule has 2 aromatic heterocycles. The molecule has 0 saturated heterocycles. The Kier molecular flexibility index (Phi) is 4.30. The maximum absolute atomic E-state index is 12.1. The molecule has 2 nitrogen and oxygen atoms in total. The van der Waals surface area contributed by atoms with Gasteiger partial charge in [-0.1, -0.05) is 0 Å². The highest BCUT2D eigenvalue weighted by molar-refractivity contribution is 9.11. The van der Waals surface area contributed by atoms with E-state index in [0.29, 0.717) is 6.54 Å². The van der Waals surface area contributed by atoms with Crippen LogP contribution in [0.25, 0.3) is 0 Å². The van der Waals surface area contributed by atoms with E-state index in [-0.39, 0.29) is 5.91 Å². The average Bonchev–Trinajstić information content (AvgIpc) is 2.87. The van der Waals surface area contributed by atoms with Gasteiger partial charge in [0.05, 0.1) is 8.66 Å². The quantitative estimate of drug-likeness (QED) is 0.827. The van der Waals surface area contributed by atoms with Gasteiger partial charge < -0.3 is 4.90 Å². The molecule has 0 aliphatic heterocycles. The maximum atomic E-state index is 12.1. The number of hydrogen-bond donors (Lipinski definition) is 1. The molecule has 90 valence electrons. The molecule has 2 heterocycles. The van der Waals surface area contributed by atoms with Crippen LogP contribution >= 0.6 is 51.2 Å². The van der Waals surface area contributed by atoms with Crippen LogP contribution < -0.4 is 0 Å². The molecule has 0 atom stereocenters. The number of halogens is 1. The van der Waals surface area contributed by atoms with Crippen LogP contribution in [0.3, 0.4) is 0 Å². The molecule has 0 aliphatic rings. The summed E-state index contributed by atoms with van der Waals surface area (Å²) >= 11 is 10.7. The minimum Gasteiger partial charge on any atom is -0.337 e. The van der Waals surface area contributed by atoms with Crippen molar-refractivity contribution in [1.29, 1.82) is 0 Å². The van der Waals surface area contributed by atoms with Crippen LogP contribution in [0.15, 0.2) is 31.6 Å². The number of hydrogen-bond acceptors (Lipinski definition) is 4. The zero-order valence-electron chi connectivity index (χ0n) is 9.01. The molecule has 0 N–H and O–H groups in total. The lowest BCUT2D eigenvalue weighted by Crippen LogP contribution is -2.25. The van der Waals surface area contributed by atoms with Gasteiger partial charge >= 0.3 is 0 Å². The molecule has 0 aliphatic carbocycles. The molecule has 0 bridgehead atoms. The number of carbonyl (C=O) groups is 1. The fraction of sp³-hybridized carbons (Fsp3) is 0.182. The van der Waals surface area contributed by atoms with Gasteiger partial charge in [0, 0.05) is 23.9 Å². The van der Waals surface area contributed by atoms with Gasteiger partial charge in [-0.2, -0.15) is 0 Å². The van der Waals surface area contributed by atoms with Crippen LogP contribution in [0.5, 0.6) is 0 Å². The molecule has 0 fully saturated rings. The minimum absolute atomic E-state index is 0.0395. The number of nitrogens with zero attached hydrogens (tertiary/aromatic N) is 1. The molecule has 2 rings (SSSR count). The van der Waals surface area contributed by atoms with E-state index in [0.717, 1.165) is 19.1 Å². The lowest BCUT2D eigenvalue weighted by atomic mass is 10.3. The highest BCUT2D eigenvalue weighted by Crippen LogP contribution is 2.23. The Hall–Kier alpha value is -0.300. The first kappa shape index (κ1) is 13.1. The van der Waals surface area contributed by atoms with Crippen LogP contribution in [0.1, 0.15) is 15.2 Å². The topological polar surface area (TPSA) is 20.3 Å². The second-order valence-electron chi connectivity index (χ2n) is 3.59. The van der Waals surface area contributed by atoms with E-state index < -0.39 is 0 Å². The summed E-state index contributed by atoms with van der Waals surface area (Å²) in [6.45, 7) is 0.626. The Morgan fingerprint density at radius 3 is 2.71 bits per heavy atom. The van der Waals surface area contributed by atoms with Crippen LogP contribution in [0.4, 0.5) is 0 Å². The van der Waals surface area contributed by atoms with E-state index in [4.69, 9.17) is 0 Å². The van der Waals surface area contributed by atoms with Crippen molar-refractivity contribution in [3.05, 3.63) is 37.1 Å². The second-order valence-corrected chi connectivity index (χ2v) is 7.31. The predicted octanol–water partition coefficient (Wildman–Crippen LogP) is 4.13. The molecule has 0 saturated carbocycles. The molecule has 6 heteroatoms. The Bertz CT molecular complexity index is 534. The van der Waals surface area contributed by atoms with Crippen molar-refractivity contribution in [1.82, 2.24) is 4.90 Å². The molecule has 0 radical (unpaired) electrons. The highest BCUT2D eigenvalue weighted by Gasteiger charge is 2.14. The van der Waals surface area contributed by atoms with Crippen molar-refractivity contribution in [3.8, 4) is 0 Å². The van der Waals surface area contributed by atoms with Gasteiger partial charge in [-0.05, 0) is 39.0 Å². The van der Waals surface area contributed by atoms with Gasteiger partial charge in [0.25, 0.3) is 5.91 Å². The first-order valence-corrected chi connectivity index (χ1v) is 7.82. The van der Waals surface area contributed by atoms with Crippen molar-refractivity contribution < 1.29 is 4.79 Å². The Morgan fingerprint density at radius 1 is 1.41 bits per heavy atom. The molecular weight excluding hydrogens is 338 g/mol. The number of carbonyl (C=O) groups excluding carboxylic acids is 1. The normalized spacial score (nSPS) is 10.5. The van der Waals surface area contributed by atoms with Gasteiger partial charge in [0.2, 0.25) is 0 Å². The fourth-order valence-corrected chi connectivity index (χ4v) is 3.74. The monoisotopic (exact) mass is 347 g/mol. The first-order valence-electron chi connectivity index (χ1n) is 4.82. The summed E-state index contributed by atoms with van der Waals surface area (Å²) in [5.74, 6) is 0.0395. The third kappa shape index (κ3) is 3.34. The van der Waals surface area contributed by atoms with E-state index in [2.05, 4.69) is 28.6 Å². The molecule has 1 amide bonds. The zero-order chi connectivity index (χ0) is 12.4. The van der Waals surface area contributed by atoms with Gasteiger partial charge in [0.1, 0.15) is 0 Å². The lowest BCUT2D eigenvalue weighted by Gasteiger charge is -2.15. The summed E-state index contributed by atoms with van der Waals surface area (Å²) in [5.41, 5.74) is 1.14. The van der Waals surface area contributed by atoms with Crippen molar-refractivity contribution in [2.45, 2.75) is 11.4 Å². The van der Waals surface area contributed by atoms with Crippen LogP contribution in [0.2, 0.25) is 0 Å². The van der Waals surface area contributed by atoms with E-state index in [1.54, 1.807) is 22.3 Å². The van der Waals surface area contributed by atoms with Crippen molar-refractivity contribution in [2.75, 3.05) is 7.05 Å². The average molecular weight is 348 g/mol. The molecule has 2 aromatic rings. The Morgan fingerprint density at radius 2 is 2.18 bits per heavy atom. The first-order chi connectivity index (χ1) is 8.06. The number of amides is 1. The third-order valence-electron chi connectivity index (χ3n) is 2.18. The number of thiol groups is 1. The van der Waals surface area contributed by atoms with Gasteiger partial charge in [0.15, 0.2) is 0 Å². The van der Waals surface area contributed by atoms with E-state index in [9.17, 15) is 4.79 Å². The van der Waals surface area contributed by atoms with E-state index in [1.807, 2.05) is 23.9 Å². The molecule has 17 heavy (non-hydrogen) atoms. The number of rotatable bonds is 3. The van der Waals surface area contributed by atoms with Crippen LogP contribution in [-0.2, 0) is 6.54 Å². The molecule has 0 spiro atoms. The summed E-state index contributed by atoms with van der Waals surface area (Å²) in [5, 5.41) is 3.91. The standard InChI is InChI=1S/C11H10BrNOS3/c1-13(4-7-2-10(12)17-5-7)11(14)9-3-8(15)6-16-9/h2-3,5-6,15H,4H2,1H3. The summed E-state index contributed by atoms with van der Waals surface area (Å²) in [6.07, 6.45) is 0. The van der Waals surface area contributed by atoms with Gasteiger partial charge in [-0.3, -0.25) is 4.79 Å². The van der Waals surface area contributed by atoms with Crippen molar-refractivity contribution >= 4 is 57.1 Å². The highest BCUT2D eigenvalue weighted by atomic mass is 79.9. The summed E-state index contributed by atoms with van der Waals surface area (Å²) in [7, 11) is 1.81. The Balaban J connectivity index is 2.05. The molecular formula is C11H10BrNOS3. The number of thiophene rings is 2. The van der Waals surface area contributed by atoms with Crippen LogP contribution in [0, 0.1) is 0 Å². The predicted molar refractivity (Wildman–Crippen MR) is 79.4 cm³/mol. The zero-order valence-corrected chi connectivity index (χ0v) is 13.1. The SMILES string of the molecule is CN(Cc1csc(Br)c1)C(=O)c1cc(S)cs1. The molecule has 0 aromatic carbocycles. The fourth-order valence-electron chi connectivity index (χ4n) is 1.40. The minimum atomic E-state index is 0.0395. The lowest BCUT2D eigenvalue weighted by molar-refractivity contribution is 0.0790. The largest absolute Gasteiger partial charge is 0.337 e. The summed E-state index contributed by atoms with van der Waals surface area (Å²) in [6, 6.07) is 3.84.